The largest absolute Gasteiger partial charge is 0.497 e. The lowest BCUT2D eigenvalue weighted by Crippen LogP contribution is -2.30. The molecule has 0 aliphatic heterocycles. The second-order valence-electron chi connectivity index (χ2n) is 8.14. The highest BCUT2D eigenvalue weighted by Gasteiger charge is 2.28. The molecule has 0 spiro atoms. The van der Waals surface area contributed by atoms with Crippen LogP contribution in [0.3, 0.4) is 0 Å². The summed E-state index contributed by atoms with van der Waals surface area (Å²) >= 11 is 0. The molecule has 3 aromatic rings. The molecule has 1 unspecified atom stereocenters. The molecule has 3 rings (SSSR count). The molecular weight excluding hydrogens is 498 g/mol. The number of hydrogen-bond acceptors (Lipinski definition) is 9. The summed E-state index contributed by atoms with van der Waals surface area (Å²) in [4.78, 5) is 33.6. The average Bonchev–Trinajstić information content (AvgIpc) is 3.39. The van der Waals surface area contributed by atoms with Gasteiger partial charge in [0.05, 0.1) is 33.0 Å². The van der Waals surface area contributed by atoms with Gasteiger partial charge < -0.3 is 38.5 Å². The van der Waals surface area contributed by atoms with Crippen LogP contribution in [0.25, 0.3) is 17.0 Å². The number of fused-ring (bicyclic) bond motifs is 1. The third-order valence-corrected chi connectivity index (χ3v) is 5.51. The van der Waals surface area contributed by atoms with Gasteiger partial charge in [0.25, 0.3) is 0 Å². The number of carbonyl (C=O) groups excluding carboxylic acids is 1. The van der Waals surface area contributed by atoms with E-state index in [4.69, 9.17) is 43.2 Å². The molecule has 38 heavy (non-hydrogen) atoms. The van der Waals surface area contributed by atoms with E-state index in [1.54, 1.807) is 19.3 Å². The van der Waals surface area contributed by atoms with Gasteiger partial charge in [-0.3, -0.25) is 4.79 Å². The van der Waals surface area contributed by atoms with E-state index in [2.05, 4.69) is 0 Å². The SMILES string of the molecule is COc1ccc(/C=C/C(=O)c2c(OCC(C)N(C)C)c(OC)c3occc3c2OC)cc1.O=C(O)C(=O)O. The number of ketones is 1. The van der Waals surface area contributed by atoms with Gasteiger partial charge in [-0.15, -0.1) is 0 Å². The van der Waals surface area contributed by atoms with Gasteiger partial charge in [-0.05, 0) is 50.9 Å². The summed E-state index contributed by atoms with van der Waals surface area (Å²) in [5, 5.41) is 15.4. The number of carboxylic acid groups (broad SMARTS) is 2. The third-order valence-electron chi connectivity index (χ3n) is 5.51. The summed E-state index contributed by atoms with van der Waals surface area (Å²) in [7, 11) is 8.58. The summed E-state index contributed by atoms with van der Waals surface area (Å²) in [6.45, 7) is 2.38. The van der Waals surface area contributed by atoms with Crippen molar-refractivity contribution in [1.82, 2.24) is 4.90 Å². The summed E-state index contributed by atoms with van der Waals surface area (Å²) < 4.78 is 28.2. The maximum Gasteiger partial charge on any atom is 0.414 e. The zero-order chi connectivity index (χ0) is 28.4. The van der Waals surface area contributed by atoms with Crippen molar-refractivity contribution in [2.75, 3.05) is 42.0 Å². The van der Waals surface area contributed by atoms with Crippen LogP contribution in [0.4, 0.5) is 0 Å². The molecule has 0 fully saturated rings. The molecule has 0 bridgehead atoms. The lowest BCUT2D eigenvalue weighted by molar-refractivity contribution is -0.159. The number of carboxylic acids is 2. The van der Waals surface area contributed by atoms with Crippen molar-refractivity contribution in [3.63, 3.8) is 0 Å². The molecule has 0 saturated carbocycles. The summed E-state index contributed by atoms with van der Waals surface area (Å²) in [5.41, 5.74) is 1.61. The Morgan fingerprint density at radius 1 is 0.921 bits per heavy atom. The standard InChI is InChI=1S/C25H29NO6.C2H2O4/c1-16(26(2)3)15-32-24-21(20(27)12-9-17-7-10-18(28-4)11-8-17)22(29-5)19-13-14-31-23(19)25(24)30-6;3-1(4)2(5)6/h7-14,16H,15H2,1-6H3;(H,3,4)(H,5,6)/b12-9+;. The number of hydrogen-bond donors (Lipinski definition) is 2. The zero-order valence-corrected chi connectivity index (χ0v) is 22.0. The fourth-order valence-corrected chi connectivity index (χ4v) is 3.20. The highest BCUT2D eigenvalue weighted by Crippen LogP contribution is 2.46. The van der Waals surface area contributed by atoms with E-state index in [1.807, 2.05) is 50.2 Å². The van der Waals surface area contributed by atoms with Crippen molar-refractivity contribution >= 4 is 34.8 Å². The molecule has 1 atom stereocenters. The number of aliphatic carboxylic acids is 2. The number of rotatable bonds is 10. The molecular formula is C27H31NO10. The normalized spacial score (nSPS) is 11.6. The first-order chi connectivity index (χ1) is 18.0. The molecule has 2 aromatic carbocycles. The zero-order valence-electron chi connectivity index (χ0n) is 22.0. The smallest absolute Gasteiger partial charge is 0.414 e. The fraction of sp³-hybridized carbons (Fsp3) is 0.296. The summed E-state index contributed by atoms with van der Waals surface area (Å²) in [6, 6.07) is 9.26. The maximum absolute atomic E-state index is 13.4. The molecule has 11 nitrogen and oxygen atoms in total. The number of furan rings is 1. The lowest BCUT2D eigenvalue weighted by Gasteiger charge is -2.22. The van der Waals surface area contributed by atoms with E-state index in [0.29, 0.717) is 34.8 Å². The van der Waals surface area contributed by atoms with Gasteiger partial charge in [0.15, 0.2) is 17.1 Å². The lowest BCUT2D eigenvalue weighted by atomic mass is 10.0. The van der Waals surface area contributed by atoms with Gasteiger partial charge in [-0.2, -0.15) is 0 Å². The highest BCUT2D eigenvalue weighted by molar-refractivity contribution is 6.27. The summed E-state index contributed by atoms with van der Waals surface area (Å²) in [6.07, 6.45) is 4.76. The molecule has 204 valence electrons. The minimum Gasteiger partial charge on any atom is -0.497 e. The van der Waals surface area contributed by atoms with Crippen molar-refractivity contribution in [3.8, 4) is 23.0 Å². The van der Waals surface area contributed by atoms with Crippen molar-refractivity contribution in [2.45, 2.75) is 13.0 Å². The van der Waals surface area contributed by atoms with E-state index in [1.165, 1.54) is 26.6 Å². The Morgan fingerprint density at radius 2 is 1.53 bits per heavy atom. The van der Waals surface area contributed by atoms with Crippen molar-refractivity contribution in [2.24, 2.45) is 0 Å². The molecule has 0 aliphatic carbocycles. The van der Waals surface area contributed by atoms with E-state index in [9.17, 15) is 4.79 Å². The minimum absolute atomic E-state index is 0.107. The van der Waals surface area contributed by atoms with Crippen LogP contribution >= 0.6 is 0 Å². The molecule has 0 radical (unpaired) electrons. The number of methoxy groups -OCH3 is 3. The van der Waals surface area contributed by atoms with Crippen LogP contribution in [0.15, 0.2) is 47.1 Å². The van der Waals surface area contributed by atoms with Crippen LogP contribution in [0.5, 0.6) is 23.0 Å². The Balaban J connectivity index is 0.000000757. The monoisotopic (exact) mass is 529 g/mol. The molecule has 0 aliphatic rings. The Morgan fingerprint density at radius 3 is 2.03 bits per heavy atom. The molecule has 0 amide bonds. The molecule has 0 saturated heterocycles. The Labute approximate surface area is 219 Å². The number of allylic oxidation sites excluding steroid dienone is 1. The van der Waals surface area contributed by atoms with Crippen LogP contribution in [0, 0.1) is 0 Å². The summed E-state index contributed by atoms with van der Waals surface area (Å²) in [5.74, 6) is -2.14. The number of ether oxygens (including phenoxy) is 4. The Kier molecular flexibility index (Phi) is 10.7. The van der Waals surface area contributed by atoms with Crippen LogP contribution < -0.4 is 18.9 Å². The maximum atomic E-state index is 13.4. The van der Waals surface area contributed by atoms with Gasteiger partial charge in [0.1, 0.15) is 23.7 Å². The van der Waals surface area contributed by atoms with Gasteiger partial charge in [0, 0.05) is 6.04 Å². The van der Waals surface area contributed by atoms with E-state index < -0.39 is 11.9 Å². The van der Waals surface area contributed by atoms with E-state index in [0.717, 1.165) is 11.3 Å². The van der Waals surface area contributed by atoms with Crippen molar-refractivity contribution in [3.05, 3.63) is 53.8 Å². The van der Waals surface area contributed by atoms with Crippen LogP contribution in [0.1, 0.15) is 22.8 Å². The average molecular weight is 530 g/mol. The van der Waals surface area contributed by atoms with E-state index >= 15 is 0 Å². The topological polar surface area (TPSA) is 145 Å². The van der Waals surface area contributed by atoms with Crippen LogP contribution in [-0.2, 0) is 9.59 Å². The second kappa shape index (κ2) is 13.7. The number of nitrogens with zero attached hydrogens (tertiary/aromatic N) is 1. The first kappa shape index (κ1) is 29.7. The molecule has 1 heterocycles. The third kappa shape index (κ3) is 7.26. The van der Waals surface area contributed by atoms with Gasteiger partial charge in [0.2, 0.25) is 5.75 Å². The first-order valence-electron chi connectivity index (χ1n) is 11.3. The van der Waals surface area contributed by atoms with Gasteiger partial charge in [-0.25, -0.2) is 9.59 Å². The Bertz CT molecular complexity index is 1280. The molecule has 1 aromatic heterocycles. The first-order valence-corrected chi connectivity index (χ1v) is 11.3. The van der Waals surface area contributed by atoms with Crippen molar-refractivity contribution < 1.29 is 48.0 Å². The van der Waals surface area contributed by atoms with Crippen LogP contribution in [0.2, 0.25) is 0 Å². The molecule has 11 heteroatoms. The van der Waals surface area contributed by atoms with E-state index in [-0.39, 0.29) is 17.4 Å². The highest BCUT2D eigenvalue weighted by atomic mass is 16.5. The molecule has 2 N–H and O–H groups in total. The van der Waals surface area contributed by atoms with Crippen molar-refractivity contribution in [1.29, 1.82) is 0 Å². The quantitative estimate of drug-likeness (QED) is 0.224. The second-order valence-corrected chi connectivity index (χ2v) is 8.14. The van der Waals surface area contributed by atoms with Gasteiger partial charge >= 0.3 is 11.9 Å². The number of benzene rings is 2. The predicted octanol–water partition coefficient (Wildman–Crippen LogP) is 3.84. The number of likely N-dealkylation sites (N-methyl/N-ethyl adjacent to an activating group) is 1. The Hall–Kier alpha value is -4.51. The predicted molar refractivity (Wildman–Crippen MR) is 140 cm³/mol. The number of carbonyl (C=O) groups is 3. The minimum atomic E-state index is -1.82. The van der Waals surface area contributed by atoms with Gasteiger partial charge in [-0.1, -0.05) is 18.2 Å². The van der Waals surface area contributed by atoms with Crippen LogP contribution in [-0.4, -0.2) is 80.9 Å². The fourth-order valence-electron chi connectivity index (χ4n) is 3.20.